The lowest BCUT2D eigenvalue weighted by Gasteiger charge is -2.34. The van der Waals surface area contributed by atoms with Crippen molar-refractivity contribution in [2.24, 2.45) is 0 Å². The summed E-state index contributed by atoms with van der Waals surface area (Å²) >= 11 is 0. The van der Waals surface area contributed by atoms with E-state index in [2.05, 4.69) is 10.3 Å². The van der Waals surface area contributed by atoms with Crippen LogP contribution in [0.5, 0.6) is 0 Å². The number of aliphatic hydroxyl groups is 1. The zero-order valence-corrected chi connectivity index (χ0v) is 12.9. The molecule has 0 bridgehead atoms. The number of anilines is 1. The van der Waals surface area contributed by atoms with E-state index in [9.17, 15) is 9.90 Å². The number of aromatic nitrogens is 3. The molecule has 2 aromatic rings. The maximum Gasteiger partial charge on any atom is 0.251 e. The van der Waals surface area contributed by atoms with Crippen molar-refractivity contribution < 1.29 is 9.90 Å². The Labute approximate surface area is 134 Å². The molecule has 1 amide bonds. The van der Waals surface area contributed by atoms with E-state index in [4.69, 9.17) is 0 Å². The summed E-state index contributed by atoms with van der Waals surface area (Å²) in [6, 6.07) is 9.37. The Kier molecular flexibility index (Phi) is 3.41. The van der Waals surface area contributed by atoms with Gasteiger partial charge >= 0.3 is 0 Å². The first-order valence-corrected chi connectivity index (χ1v) is 8.18. The first-order valence-electron chi connectivity index (χ1n) is 8.18. The predicted octanol–water partition coefficient (Wildman–Crippen LogP) is 2.02. The Bertz CT molecular complexity index is 708. The Morgan fingerprint density at radius 2 is 1.96 bits per heavy atom. The molecule has 4 rings (SSSR count). The minimum Gasteiger partial charge on any atom is -0.383 e. The molecule has 1 saturated carbocycles. The number of hydrogen-bond acceptors (Lipinski definition) is 4. The van der Waals surface area contributed by atoms with Crippen LogP contribution in [0.15, 0.2) is 36.5 Å². The zero-order valence-electron chi connectivity index (χ0n) is 12.9. The van der Waals surface area contributed by atoms with Gasteiger partial charge in [-0.2, -0.15) is 0 Å². The van der Waals surface area contributed by atoms with Gasteiger partial charge in [-0.05, 0) is 44.2 Å². The minimum absolute atomic E-state index is 0.0412. The van der Waals surface area contributed by atoms with E-state index in [0.717, 1.165) is 44.3 Å². The van der Waals surface area contributed by atoms with Crippen LogP contribution in [-0.4, -0.2) is 32.6 Å². The standard InChI is InChI=1S/C17H20N4O2/c22-16-14(8-4-11-20(16)13-6-2-1-3-7-13)21-12-15(18-19-21)17(23)9-5-10-17/h1-3,6-7,12,14,23H,4-5,8-11H2. The van der Waals surface area contributed by atoms with Crippen LogP contribution in [0, 0.1) is 0 Å². The van der Waals surface area contributed by atoms with Crippen LogP contribution in [0.2, 0.25) is 0 Å². The van der Waals surface area contributed by atoms with E-state index in [1.807, 2.05) is 35.2 Å². The molecule has 2 aliphatic rings. The smallest absolute Gasteiger partial charge is 0.251 e. The van der Waals surface area contributed by atoms with Crippen LogP contribution in [0.25, 0.3) is 0 Å². The highest BCUT2D eigenvalue weighted by molar-refractivity contribution is 5.96. The van der Waals surface area contributed by atoms with Crippen molar-refractivity contribution in [2.75, 3.05) is 11.4 Å². The van der Waals surface area contributed by atoms with Crippen LogP contribution in [0.4, 0.5) is 5.69 Å². The Morgan fingerprint density at radius 3 is 2.65 bits per heavy atom. The van der Waals surface area contributed by atoms with Crippen molar-refractivity contribution in [3.8, 4) is 0 Å². The predicted molar refractivity (Wildman–Crippen MR) is 84.8 cm³/mol. The van der Waals surface area contributed by atoms with Gasteiger partial charge in [-0.15, -0.1) is 5.10 Å². The number of nitrogens with zero attached hydrogens (tertiary/aromatic N) is 4. The van der Waals surface area contributed by atoms with Gasteiger partial charge in [0.2, 0.25) is 0 Å². The second kappa shape index (κ2) is 5.45. The van der Waals surface area contributed by atoms with Gasteiger partial charge in [-0.1, -0.05) is 23.4 Å². The van der Waals surface area contributed by atoms with Crippen molar-refractivity contribution in [1.82, 2.24) is 15.0 Å². The molecule has 1 N–H and O–H groups in total. The summed E-state index contributed by atoms with van der Waals surface area (Å²) in [5.74, 6) is 0.0412. The first kappa shape index (κ1) is 14.4. The molecule has 6 heteroatoms. The number of benzene rings is 1. The molecular weight excluding hydrogens is 292 g/mol. The van der Waals surface area contributed by atoms with Crippen molar-refractivity contribution >= 4 is 11.6 Å². The zero-order chi connectivity index (χ0) is 15.9. The number of carbonyl (C=O) groups is 1. The second-order valence-electron chi connectivity index (χ2n) is 6.45. The number of piperidine rings is 1. The highest BCUT2D eigenvalue weighted by Crippen LogP contribution is 2.40. The molecular formula is C17H20N4O2. The third-order valence-corrected chi connectivity index (χ3v) is 4.97. The summed E-state index contributed by atoms with van der Waals surface area (Å²) in [5.41, 5.74) is 0.670. The summed E-state index contributed by atoms with van der Waals surface area (Å²) in [4.78, 5) is 14.7. The lowest BCUT2D eigenvalue weighted by molar-refractivity contribution is -0.123. The van der Waals surface area contributed by atoms with Crippen molar-refractivity contribution in [3.05, 3.63) is 42.2 Å². The molecule has 1 aliphatic heterocycles. The number of carbonyl (C=O) groups excluding carboxylic acids is 1. The highest BCUT2D eigenvalue weighted by atomic mass is 16.3. The van der Waals surface area contributed by atoms with Crippen LogP contribution in [0.3, 0.4) is 0 Å². The second-order valence-corrected chi connectivity index (χ2v) is 6.45. The monoisotopic (exact) mass is 312 g/mol. The topological polar surface area (TPSA) is 71.2 Å². The summed E-state index contributed by atoms with van der Waals surface area (Å²) in [5, 5.41) is 18.6. The molecule has 0 radical (unpaired) electrons. The van der Waals surface area contributed by atoms with E-state index in [0.29, 0.717) is 5.69 Å². The third-order valence-electron chi connectivity index (χ3n) is 4.97. The normalized spacial score (nSPS) is 23.6. The Hall–Kier alpha value is -2.21. The summed E-state index contributed by atoms with van der Waals surface area (Å²) in [7, 11) is 0. The molecule has 2 fully saturated rings. The van der Waals surface area contributed by atoms with Crippen LogP contribution in [0.1, 0.15) is 43.8 Å². The third kappa shape index (κ3) is 2.43. The first-order chi connectivity index (χ1) is 11.2. The van der Waals surface area contributed by atoms with E-state index >= 15 is 0 Å². The van der Waals surface area contributed by atoms with Gasteiger partial charge < -0.3 is 10.0 Å². The van der Waals surface area contributed by atoms with Gasteiger partial charge in [0.25, 0.3) is 5.91 Å². The maximum atomic E-state index is 12.8. The molecule has 1 atom stereocenters. The molecule has 1 aliphatic carbocycles. The minimum atomic E-state index is -0.838. The van der Waals surface area contributed by atoms with Crippen LogP contribution >= 0.6 is 0 Å². The van der Waals surface area contributed by atoms with Gasteiger partial charge in [-0.25, -0.2) is 4.68 Å². The molecule has 1 unspecified atom stereocenters. The SMILES string of the molecule is O=C1C(n2cc(C3(O)CCC3)nn2)CCCN1c1ccccc1. The fourth-order valence-electron chi connectivity index (χ4n) is 3.38. The number of para-hydroxylation sites is 1. The Morgan fingerprint density at radius 1 is 1.17 bits per heavy atom. The number of rotatable bonds is 3. The lowest BCUT2D eigenvalue weighted by atomic mass is 9.78. The maximum absolute atomic E-state index is 12.8. The average Bonchev–Trinajstić information content (AvgIpc) is 3.04. The summed E-state index contributed by atoms with van der Waals surface area (Å²) < 4.78 is 1.63. The molecule has 0 spiro atoms. The van der Waals surface area contributed by atoms with Gasteiger partial charge in [0.05, 0.1) is 6.20 Å². The molecule has 1 aromatic heterocycles. The largest absolute Gasteiger partial charge is 0.383 e. The lowest BCUT2D eigenvalue weighted by Crippen LogP contribution is -2.42. The van der Waals surface area contributed by atoms with Crippen molar-refractivity contribution in [3.63, 3.8) is 0 Å². The quantitative estimate of drug-likeness (QED) is 0.941. The Balaban J connectivity index is 1.58. The number of amides is 1. The molecule has 1 aromatic carbocycles. The average molecular weight is 312 g/mol. The molecule has 23 heavy (non-hydrogen) atoms. The van der Waals surface area contributed by atoms with Gasteiger partial charge in [0.1, 0.15) is 17.3 Å². The van der Waals surface area contributed by atoms with Crippen molar-refractivity contribution in [1.29, 1.82) is 0 Å². The molecule has 2 heterocycles. The summed E-state index contributed by atoms with van der Waals surface area (Å²) in [6.45, 7) is 0.727. The number of hydrogen-bond donors (Lipinski definition) is 1. The van der Waals surface area contributed by atoms with Gasteiger partial charge in [-0.3, -0.25) is 4.79 Å². The van der Waals surface area contributed by atoms with Gasteiger partial charge in [0, 0.05) is 12.2 Å². The molecule has 6 nitrogen and oxygen atoms in total. The van der Waals surface area contributed by atoms with Crippen LogP contribution in [-0.2, 0) is 10.4 Å². The molecule has 1 saturated heterocycles. The van der Waals surface area contributed by atoms with Gasteiger partial charge in [0.15, 0.2) is 0 Å². The van der Waals surface area contributed by atoms with E-state index in [1.54, 1.807) is 10.9 Å². The fraction of sp³-hybridized carbons (Fsp3) is 0.471. The van der Waals surface area contributed by atoms with Crippen LogP contribution < -0.4 is 4.90 Å². The molecule has 120 valence electrons. The van der Waals surface area contributed by atoms with E-state index in [-0.39, 0.29) is 11.9 Å². The summed E-state index contributed by atoms with van der Waals surface area (Å²) in [6.07, 6.45) is 5.87. The van der Waals surface area contributed by atoms with E-state index in [1.165, 1.54) is 0 Å². The van der Waals surface area contributed by atoms with Crippen molar-refractivity contribution in [2.45, 2.75) is 43.7 Å². The highest BCUT2D eigenvalue weighted by Gasteiger charge is 2.40. The fourth-order valence-corrected chi connectivity index (χ4v) is 3.38. The van der Waals surface area contributed by atoms with E-state index < -0.39 is 5.60 Å².